The Hall–Kier alpha value is -1.51. The Morgan fingerprint density at radius 3 is 2.08 bits per heavy atom. The maximum atomic E-state index is 12.2. The van der Waals surface area contributed by atoms with Gasteiger partial charge in [0.15, 0.2) is 0 Å². The van der Waals surface area contributed by atoms with Crippen molar-refractivity contribution < 1.29 is 14.3 Å². The third kappa shape index (κ3) is 3.93. The van der Waals surface area contributed by atoms with Crippen LogP contribution < -0.4 is 4.74 Å². The smallest absolute Gasteiger partial charge is 0.311 e. The summed E-state index contributed by atoms with van der Waals surface area (Å²) < 4.78 is 10.5. The first-order chi connectivity index (χ1) is 10.9. The van der Waals surface area contributed by atoms with Gasteiger partial charge in [0.2, 0.25) is 0 Å². The molecule has 136 valence electrons. The molecule has 3 heteroatoms. The molecule has 0 atom stereocenters. The molecule has 24 heavy (non-hydrogen) atoms. The van der Waals surface area contributed by atoms with Gasteiger partial charge in [-0.3, -0.25) is 4.79 Å². The summed E-state index contributed by atoms with van der Waals surface area (Å²) in [7, 11) is 3.17. The van der Waals surface area contributed by atoms with Crippen LogP contribution in [0, 0.1) is 10.8 Å². The number of aryl methyl sites for hydroxylation is 1. The van der Waals surface area contributed by atoms with Crippen LogP contribution in [0.5, 0.6) is 5.75 Å². The lowest BCUT2D eigenvalue weighted by Crippen LogP contribution is -2.43. The van der Waals surface area contributed by atoms with Crippen molar-refractivity contribution in [3.63, 3.8) is 0 Å². The summed E-state index contributed by atoms with van der Waals surface area (Å²) in [6.07, 6.45) is 1.81. The van der Waals surface area contributed by atoms with E-state index in [1.165, 1.54) is 18.2 Å². The lowest BCUT2D eigenvalue weighted by molar-refractivity contribution is -0.158. The second-order valence-electron chi connectivity index (χ2n) is 8.44. The molecule has 0 fully saturated rings. The minimum atomic E-state index is -0.556. The van der Waals surface area contributed by atoms with E-state index in [1.54, 1.807) is 7.11 Å². The third-order valence-corrected chi connectivity index (χ3v) is 5.71. The zero-order chi connectivity index (χ0) is 18.8. The van der Waals surface area contributed by atoms with Crippen LogP contribution in [0.15, 0.2) is 18.2 Å². The number of esters is 1. The predicted molar refractivity (Wildman–Crippen MR) is 99.6 cm³/mol. The SMILES string of the molecule is CCc1cc(C(C)(C)CC(C)(C)C(C)(C)C(=O)OC)ccc1OC. The maximum absolute atomic E-state index is 12.2. The van der Waals surface area contributed by atoms with Crippen molar-refractivity contribution in [3.05, 3.63) is 29.3 Å². The molecular weight excluding hydrogens is 300 g/mol. The van der Waals surface area contributed by atoms with Gasteiger partial charge < -0.3 is 9.47 Å². The fraction of sp³-hybridized carbons (Fsp3) is 0.667. The molecule has 0 aromatic heterocycles. The molecule has 0 saturated heterocycles. The van der Waals surface area contributed by atoms with Crippen LogP contribution in [-0.2, 0) is 21.4 Å². The van der Waals surface area contributed by atoms with Gasteiger partial charge in [-0.1, -0.05) is 46.8 Å². The summed E-state index contributed by atoms with van der Waals surface area (Å²) in [5, 5.41) is 0. The second kappa shape index (κ2) is 7.16. The van der Waals surface area contributed by atoms with Crippen LogP contribution in [0.25, 0.3) is 0 Å². The number of hydrogen-bond donors (Lipinski definition) is 0. The normalized spacial score (nSPS) is 12.9. The zero-order valence-corrected chi connectivity index (χ0v) is 16.9. The fourth-order valence-corrected chi connectivity index (χ4v) is 3.44. The molecule has 0 aliphatic carbocycles. The molecule has 0 aliphatic heterocycles. The fourth-order valence-electron chi connectivity index (χ4n) is 3.44. The number of carbonyl (C=O) groups excluding carboxylic acids is 1. The Balaban J connectivity index is 3.19. The van der Waals surface area contributed by atoms with E-state index in [9.17, 15) is 4.79 Å². The largest absolute Gasteiger partial charge is 0.496 e. The predicted octanol–water partition coefficient (Wildman–Crippen LogP) is 5.15. The number of benzene rings is 1. The molecule has 0 aliphatic rings. The first kappa shape index (κ1) is 20.5. The molecule has 1 rings (SSSR count). The van der Waals surface area contributed by atoms with Crippen molar-refractivity contribution >= 4 is 5.97 Å². The minimum Gasteiger partial charge on any atom is -0.496 e. The van der Waals surface area contributed by atoms with E-state index in [1.807, 2.05) is 19.9 Å². The van der Waals surface area contributed by atoms with Crippen LogP contribution in [0.1, 0.15) is 66.0 Å². The molecule has 0 heterocycles. The molecule has 0 saturated carbocycles. The van der Waals surface area contributed by atoms with Crippen molar-refractivity contribution in [2.45, 2.75) is 66.7 Å². The molecule has 0 N–H and O–H groups in total. The number of hydrogen-bond acceptors (Lipinski definition) is 3. The average molecular weight is 335 g/mol. The highest BCUT2D eigenvalue weighted by Gasteiger charge is 2.46. The maximum Gasteiger partial charge on any atom is 0.311 e. The molecule has 0 bridgehead atoms. The van der Waals surface area contributed by atoms with Crippen molar-refractivity contribution in [2.24, 2.45) is 10.8 Å². The lowest BCUT2D eigenvalue weighted by atomic mass is 9.60. The van der Waals surface area contributed by atoms with Crippen molar-refractivity contribution in [3.8, 4) is 5.75 Å². The van der Waals surface area contributed by atoms with E-state index in [2.05, 4.69) is 46.8 Å². The summed E-state index contributed by atoms with van der Waals surface area (Å²) in [6.45, 7) is 14.9. The topological polar surface area (TPSA) is 35.5 Å². The quantitative estimate of drug-likeness (QED) is 0.647. The number of carbonyl (C=O) groups is 1. The van der Waals surface area contributed by atoms with Crippen molar-refractivity contribution in [2.75, 3.05) is 14.2 Å². The number of methoxy groups -OCH3 is 2. The number of ether oxygens (including phenoxy) is 2. The highest BCUT2D eigenvalue weighted by Crippen LogP contribution is 2.48. The molecule has 1 aromatic carbocycles. The Morgan fingerprint density at radius 2 is 1.62 bits per heavy atom. The van der Waals surface area contributed by atoms with Gasteiger partial charge in [0.05, 0.1) is 19.6 Å². The van der Waals surface area contributed by atoms with E-state index >= 15 is 0 Å². The van der Waals surface area contributed by atoms with Crippen LogP contribution in [0.3, 0.4) is 0 Å². The van der Waals surface area contributed by atoms with Gasteiger partial charge in [-0.15, -0.1) is 0 Å². The van der Waals surface area contributed by atoms with Crippen LogP contribution in [0.2, 0.25) is 0 Å². The van der Waals surface area contributed by atoms with Crippen LogP contribution >= 0.6 is 0 Å². The summed E-state index contributed by atoms with van der Waals surface area (Å²) in [5.41, 5.74) is 1.65. The first-order valence-corrected chi connectivity index (χ1v) is 8.68. The van der Waals surface area contributed by atoms with Crippen LogP contribution in [-0.4, -0.2) is 20.2 Å². The van der Waals surface area contributed by atoms with Gasteiger partial charge in [0.25, 0.3) is 0 Å². The Morgan fingerprint density at radius 1 is 1.04 bits per heavy atom. The van der Waals surface area contributed by atoms with Gasteiger partial charge in [-0.25, -0.2) is 0 Å². The average Bonchev–Trinajstić information content (AvgIpc) is 2.51. The van der Waals surface area contributed by atoms with E-state index in [-0.39, 0.29) is 16.8 Å². The minimum absolute atomic E-state index is 0.0645. The summed E-state index contributed by atoms with van der Waals surface area (Å²) in [6, 6.07) is 6.42. The highest BCUT2D eigenvalue weighted by molar-refractivity contribution is 5.76. The van der Waals surface area contributed by atoms with Gasteiger partial charge in [-0.05, 0) is 54.7 Å². The van der Waals surface area contributed by atoms with E-state index in [4.69, 9.17) is 9.47 Å². The number of rotatable bonds is 7. The van der Waals surface area contributed by atoms with Gasteiger partial charge >= 0.3 is 5.97 Å². The Bertz CT molecular complexity index is 583. The lowest BCUT2D eigenvalue weighted by Gasteiger charge is -2.44. The molecule has 0 amide bonds. The monoisotopic (exact) mass is 334 g/mol. The molecule has 3 nitrogen and oxygen atoms in total. The first-order valence-electron chi connectivity index (χ1n) is 8.68. The summed E-state index contributed by atoms with van der Waals surface area (Å²) in [4.78, 5) is 12.2. The molecular formula is C21H34O3. The van der Waals surface area contributed by atoms with Gasteiger partial charge in [-0.2, -0.15) is 0 Å². The van der Waals surface area contributed by atoms with E-state index < -0.39 is 5.41 Å². The van der Waals surface area contributed by atoms with Gasteiger partial charge in [0, 0.05) is 0 Å². The Kier molecular flexibility index (Phi) is 6.13. The van der Waals surface area contributed by atoms with E-state index in [0.29, 0.717) is 0 Å². The standard InChI is InChI=1S/C21H34O3/c1-10-15-13-16(11-12-17(15)23-8)19(2,3)14-20(4,5)21(6,7)18(22)24-9/h11-13H,10,14H2,1-9H3. The second-order valence-corrected chi connectivity index (χ2v) is 8.44. The highest BCUT2D eigenvalue weighted by atomic mass is 16.5. The molecule has 0 unspecified atom stereocenters. The van der Waals surface area contributed by atoms with Crippen LogP contribution in [0.4, 0.5) is 0 Å². The zero-order valence-electron chi connectivity index (χ0n) is 16.9. The van der Waals surface area contributed by atoms with E-state index in [0.717, 1.165) is 18.6 Å². The third-order valence-electron chi connectivity index (χ3n) is 5.71. The van der Waals surface area contributed by atoms with Gasteiger partial charge in [0.1, 0.15) is 5.75 Å². The van der Waals surface area contributed by atoms with Crippen molar-refractivity contribution in [1.29, 1.82) is 0 Å². The van der Waals surface area contributed by atoms with Crippen molar-refractivity contribution in [1.82, 2.24) is 0 Å². The molecule has 0 radical (unpaired) electrons. The molecule has 0 spiro atoms. The Labute approximate surface area is 147 Å². The molecule has 1 aromatic rings. The summed E-state index contributed by atoms with van der Waals surface area (Å²) >= 11 is 0. The summed E-state index contributed by atoms with van der Waals surface area (Å²) in [5.74, 6) is 0.776.